The molecule has 0 aliphatic carbocycles. The van der Waals surface area contributed by atoms with Gasteiger partial charge >= 0.3 is 52.2 Å². The van der Waals surface area contributed by atoms with E-state index >= 15 is 0 Å². The molecule has 0 bridgehead atoms. The fourth-order valence-corrected chi connectivity index (χ4v) is 3.96. The van der Waals surface area contributed by atoms with Gasteiger partial charge in [-0.3, -0.25) is 5.41 Å². The summed E-state index contributed by atoms with van der Waals surface area (Å²) >= 11 is 6.22. The van der Waals surface area contributed by atoms with Crippen LogP contribution in [0.4, 0.5) is 0 Å². The van der Waals surface area contributed by atoms with E-state index in [0.29, 0.717) is 26.4 Å². The van der Waals surface area contributed by atoms with Gasteiger partial charge in [-0.05, 0) is 33.7 Å². The predicted molar refractivity (Wildman–Crippen MR) is 95.7 cm³/mol. The molecule has 0 saturated carbocycles. The van der Waals surface area contributed by atoms with Crippen LogP contribution in [0.25, 0.3) is 0 Å². The zero-order chi connectivity index (χ0) is 16.3. The number of hydrogen-bond donors (Lipinski definition) is 3. The van der Waals surface area contributed by atoms with E-state index in [0.717, 1.165) is 18.8 Å². The Balaban J connectivity index is -0.000000408. The van der Waals surface area contributed by atoms with Crippen molar-refractivity contribution in [2.75, 3.05) is 26.4 Å². The third-order valence-electron chi connectivity index (χ3n) is 1.78. The zero-order valence-electron chi connectivity index (χ0n) is 12.5. The standard InChI is InChI=1S/C9H23NO3Si.CH4N2.2BrH.Pb/c1-4-11-14(12-5-2,13-6-3)9-7-8-10;2-1-3;;;/h4-10H2,1-3H3;1H,(H3,2,3);2*1H;/q;;;;+2/p-2. The van der Waals surface area contributed by atoms with Gasteiger partial charge in [0, 0.05) is 25.9 Å². The van der Waals surface area contributed by atoms with Crippen molar-refractivity contribution in [3.05, 3.63) is 0 Å². The minimum absolute atomic E-state index is 0.292. The Morgan fingerprint density at radius 3 is 1.60 bits per heavy atom. The van der Waals surface area contributed by atoms with Gasteiger partial charge in [-0.1, -0.05) is 0 Å². The van der Waals surface area contributed by atoms with Crippen molar-refractivity contribution in [2.45, 2.75) is 33.2 Å². The Morgan fingerprint density at radius 2 is 1.40 bits per heavy atom. The van der Waals surface area contributed by atoms with Crippen molar-refractivity contribution < 1.29 is 13.3 Å². The first-order valence-corrected chi connectivity index (χ1v) is 25.1. The van der Waals surface area contributed by atoms with Crippen molar-refractivity contribution in [1.29, 1.82) is 5.41 Å². The molecule has 0 spiro atoms. The van der Waals surface area contributed by atoms with Gasteiger partial charge in [0.2, 0.25) is 0 Å². The van der Waals surface area contributed by atoms with Gasteiger partial charge in [-0.15, -0.1) is 0 Å². The van der Waals surface area contributed by atoms with Crippen LogP contribution in [0.15, 0.2) is 0 Å². The van der Waals surface area contributed by atoms with Gasteiger partial charge in [-0.2, -0.15) is 0 Å². The van der Waals surface area contributed by atoms with E-state index in [1.807, 2.05) is 20.8 Å². The number of nitrogens with two attached hydrogens (primary N) is 2. The quantitative estimate of drug-likeness (QED) is 0.206. The fourth-order valence-electron chi connectivity index (χ4n) is 1.32. The Morgan fingerprint density at radius 1 is 1.10 bits per heavy atom. The van der Waals surface area contributed by atoms with E-state index in [-0.39, 0.29) is 19.4 Å². The average Bonchev–Trinajstić information content (AvgIpc) is 2.39. The first-order chi connectivity index (χ1) is 9.57. The molecule has 2 radical (unpaired) electrons. The Hall–Kier alpha value is 1.41. The molecule has 0 aromatic carbocycles. The van der Waals surface area contributed by atoms with Crippen LogP contribution < -0.4 is 11.5 Å². The monoisotopic (exact) mass is 631 g/mol. The Bertz CT molecular complexity index is 182. The minimum atomic E-state index is -2.40. The van der Waals surface area contributed by atoms with Crippen LogP contribution in [-0.2, 0) is 13.3 Å². The third-order valence-corrected chi connectivity index (χ3v) is 4.93. The first kappa shape index (κ1) is 26.3. The maximum atomic E-state index is 5.86. The molecule has 0 fully saturated rings. The van der Waals surface area contributed by atoms with E-state index in [9.17, 15) is 0 Å². The average molecular weight is 632 g/mol. The van der Waals surface area contributed by atoms with Gasteiger partial charge < -0.3 is 24.7 Å². The molecular weight excluding hydrogens is 605 g/mol. The molecule has 0 aliphatic heterocycles. The Kier molecular flexibility index (Phi) is 29.8. The number of nitrogens with one attached hydrogen (secondary N) is 1. The van der Waals surface area contributed by atoms with E-state index in [1.165, 1.54) is 0 Å². The van der Waals surface area contributed by atoms with Gasteiger partial charge in [0.05, 0.1) is 6.34 Å². The van der Waals surface area contributed by atoms with Crippen LogP contribution in [0.2, 0.25) is 6.04 Å². The van der Waals surface area contributed by atoms with Crippen molar-refractivity contribution in [2.24, 2.45) is 11.5 Å². The summed E-state index contributed by atoms with van der Waals surface area (Å²) < 4.78 is 17.0. The molecule has 5 N–H and O–H groups in total. The van der Waals surface area contributed by atoms with Crippen LogP contribution >= 0.6 is 24.0 Å². The molecule has 6 nitrogen and oxygen atoms in total. The van der Waals surface area contributed by atoms with E-state index in [2.05, 4.69) is 29.7 Å². The summed E-state index contributed by atoms with van der Waals surface area (Å²) in [7, 11) is -2.40. The number of halogens is 2. The van der Waals surface area contributed by atoms with Crippen molar-refractivity contribution in [3.8, 4) is 0 Å². The molecule has 20 heavy (non-hydrogen) atoms. The topological polar surface area (TPSA) is 104 Å². The summed E-state index contributed by atoms with van der Waals surface area (Å²) in [6.07, 6.45) is 1.65. The SMILES string of the molecule is CCO[Si](CCCN)(OCC)OCC.N=CN.[Br][Pb][Br]. The van der Waals surface area contributed by atoms with E-state index < -0.39 is 8.80 Å². The van der Waals surface area contributed by atoms with Crippen LogP contribution in [0.5, 0.6) is 0 Å². The second-order valence-corrected chi connectivity index (χ2v) is 22.7. The molecule has 0 unspecified atom stereocenters. The summed E-state index contributed by atoms with van der Waals surface area (Å²) in [6, 6.07) is 0.818. The van der Waals surface area contributed by atoms with Crippen LogP contribution in [0.1, 0.15) is 27.2 Å². The molecule has 10 heteroatoms. The number of hydrogen-bond acceptors (Lipinski definition) is 5. The number of rotatable bonds is 9. The van der Waals surface area contributed by atoms with Gasteiger partial charge in [0.1, 0.15) is 0 Å². The first-order valence-electron chi connectivity index (χ1n) is 6.36. The van der Waals surface area contributed by atoms with E-state index in [4.69, 9.17) is 24.4 Å². The summed E-state index contributed by atoms with van der Waals surface area (Å²) in [6.45, 7) is 8.44. The molecular formula is C10H27Br2N3O3PbSi. The van der Waals surface area contributed by atoms with Crippen molar-refractivity contribution in [1.82, 2.24) is 0 Å². The molecule has 0 aromatic heterocycles. The van der Waals surface area contributed by atoms with E-state index in [1.54, 1.807) is 0 Å². The molecule has 0 aromatic rings. The molecule has 0 amide bonds. The summed E-state index contributed by atoms with van der Waals surface area (Å²) in [5.41, 5.74) is 9.87. The van der Waals surface area contributed by atoms with Crippen LogP contribution in [0, 0.1) is 5.41 Å². The van der Waals surface area contributed by atoms with Crippen molar-refractivity contribution >= 4 is 58.5 Å². The fraction of sp³-hybridized carbons (Fsp3) is 0.900. The zero-order valence-corrected chi connectivity index (χ0v) is 20.5. The third kappa shape index (κ3) is 19.4. The van der Waals surface area contributed by atoms with Gasteiger partial charge in [0.15, 0.2) is 0 Å². The second-order valence-electron chi connectivity index (χ2n) is 3.11. The van der Waals surface area contributed by atoms with Crippen molar-refractivity contribution in [3.63, 3.8) is 0 Å². The normalized spacial score (nSPS) is 9.90. The Labute approximate surface area is 147 Å². The second kappa shape index (κ2) is 22.7. The maximum absolute atomic E-state index is 5.86. The molecule has 0 heterocycles. The molecule has 0 atom stereocenters. The summed E-state index contributed by atoms with van der Waals surface area (Å²) in [5, 5.41) is 5.86. The summed E-state index contributed by atoms with van der Waals surface area (Å²) in [5.74, 6) is 0. The van der Waals surface area contributed by atoms with Gasteiger partial charge in [-0.25, -0.2) is 0 Å². The predicted octanol–water partition coefficient (Wildman–Crippen LogP) is 2.25. The summed E-state index contributed by atoms with van der Waals surface area (Å²) in [4.78, 5) is 0. The molecule has 0 rings (SSSR count). The molecule has 122 valence electrons. The van der Waals surface area contributed by atoms with Crippen LogP contribution in [-0.4, -0.2) is 60.9 Å². The van der Waals surface area contributed by atoms with Crippen LogP contribution in [0.3, 0.4) is 0 Å². The molecule has 0 aliphatic rings. The molecule has 0 saturated heterocycles. The van der Waals surface area contributed by atoms with Gasteiger partial charge in [0.25, 0.3) is 0 Å².